The number of carbonyl (C=O) groups excluding carboxylic acids is 4. The Balaban J connectivity index is 0.000000681. The number of ether oxygens (including phenoxy) is 2. The Morgan fingerprint density at radius 3 is 1.73 bits per heavy atom. The molecule has 0 bridgehead atoms. The number of hydrogen-bond donors (Lipinski definition) is 2. The summed E-state index contributed by atoms with van der Waals surface area (Å²) in [5.74, 6) is -12.2. The third-order valence-electron chi connectivity index (χ3n) is 12.7. The van der Waals surface area contributed by atoms with Crippen molar-refractivity contribution in [3.8, 4) is 0 Å². The first kappa shape index (κ1) is 63.9. The number of carboxylic acids is 2. The van der Waals surface area contributed by atoms with Crippen LogP contribution in [0.2, 0.25) is 0 Å². The van der Waals surface area contributed by atoms with Gasteiger partial charge in [-0.15, -0.1) is 0 Å². The molecule has 2 aromatic rings. The molecule has 0 saturated heterocycles. The number of halogens is 4. The Morgan fingerprint density at radius 2 is 1.16 bits per heavy atom. The number of ketones is 4. The molecule has 70 heavy (non-hydrogen) atoms. The summed E-state index contributed by atoms with van der Waals surface area (Å²) in [6.45, 7) is 4.21. The number of hydrogen-bond acceptors (Lipinski definition) is 8. The van der Waals surface area contributed by atoms with E-state index in [2.05, 4.69) is 0 Å². The zero-order valence-electron chi connectivity index (χ0n) is 41.1. The summed E-state index contributed by atoms with van der Waals surface area (Å²) < 4.78 is 68.8. The van der Waals surface area contributed by atoms with Gasteiger partial charge in [0.05, 0.1) is 25.4 Å². The third kappa shape index (κ3) is 23.4. The first-order chi connectivity index (χ1) is 32.5. The number of allylic oxidation sites excluding steroid dienone is 3. The molecule has 2 saturated carbocycles. The van der Waals surface area contributed by atoms with Crippen LogP contribution in [0.25, 0.3) is 0 Å². The zero-order chi connectivity index (χ0) is 50.0. The van der Waals surface area contributed by atoms with E-state index in [0.29, 0.717) is 58.0 Å². The smallest absolute Gasteiger partial charge is 0.309 e. The van der Waals surface area contributed by atoms with E-state index < -0.39 is 66.1 Å². The van der Waals surface area contributed by atoms with Crippen LogP contribution in [-0.4, -0.2) is 69.3 Å². The van der Waals surface area contributed by atoms with Crippen LogP contribution in [0.15, 0.2) is 85.0 Å². The minimum atomic E-state index is -3.42. The quantitative estimate of drug-likeness (QED) is 0.0180. The van der Waals surface area contributed by atoms with E-state index in [4.69, 9.17) is 19.7 Å². The van der Waals surface area contributed by atoms with E-state index in [-0.39, 0.29) is 109 Å². The first-order valence-corrected chi connectivity index (χ1v) is 24.5. The Hall–Kier alpha value is -4.16. The molecule has 0 aromatic heterocycles. The second-order valence-electron chi connectivity index (χ2n) is 18.1. The fourth-order valence-electron chi connectivity index (χ4n) is 8.76. The molecule has 2 N–H and O–H groups in total. The third-order valence-corrected chi connectivity index (χ3v) is 12.7. The maximum atomic E-state index is 14.2. The summed E-state index contributed by atoms with van der Waals surface area (Å²) in [6.07, 6.45) is 11.5. The van der Waals surface area contributed by atoms with Gasteiger partial charge in [0.15, 0.2) is 0 Å². The van der Waals surface area contributed by atoms with E-state index >= 15 is 0 Å². The minimum Gasteiger partial charge on any atom is -0.481 e. The van der Waals surface area contributed by atoms with Crippen molar-refractivity contribution in [2.45, 2.75) is 180 Å². The predicted octanol–water partition coefficient (Wildman–Crippen LogP) is 12.8. The standard InChI is InChI=1S/C27H38F2O5.C27H34F2O5.CH3.Pd/c2*1-2-3-17-27(28,29)25(31)16-15-22-21(13-9-4-5-10-14-26(32)33)23(30)18-24(22)34-19-20-11-7-6-8-12-20;;/h6-8,11-12,21-22,24H,2-5,9-10,13-19H2,1H3,(H,32,33);4,6-9,11-12,15-16,21-22,24H,2-3,5,10,13-14,17-19H2,1H3,(H,32,33);1H3;/q;;-1;/b;9-4-,16-15+;;/t2*21-,22-,24-;;/m11../s1. The van der Waals surface area contributed by atoms with Gasteiger partial charge in [0.1, 0.15) is 11.6 Å². The van der Waals surface area contributed by atoms with Crippen molar-refractivity contribution in [3.05, 3.63) is 104 Å². The molecule has 6 atom stereocenters. The fraction of sp³-hybridized carbons (Fsp3) is 0.582. The predicted molar refractivity (Wildman–Crippen MR) is 258 cm³/mol. The van der Waals surface area contributed by atoms with Gasteiger partial charge in [0, 0.05) is 83.1 Å². The number of benzene rings is 2. The molecule has 0 radical (unpaired) electrons. The van der Waals surface area contributed by atoms with E-state index in [9.17, 15) is 46.3 Å². The van der Waals surface area contributed by atoms with Gasteiger partial charge in [-0.05, 0) is 74.5 Å². The molecule has 0 amide bonds. The van der Waals surface area contributed by atoms with Crippen molar-refractivity contribution in [2.75, 3.05) is 0 Å². The molecule has 2 aliphatic rings. The molecule has 10 nitrogen and oxygen atoms in total. The average molecular weight is 1080 g/mol. The molecule has 2 fully saturated rings. The molecular formula is C55H75F4O10Pd-. The van der Waals surface area contributed by atoms with Crippen LogP contribution in [0.1, 0.15) is 153 Å². The van der Waals surface area contributed by atoms with Crippen LogP contribution in [0.3, 0.4) is 0 Å². The normalized spacial score (nSPS) is 20.2. The van der Waals surface area contributed by atoms with Crippen LogP contribution in [0.4, 0.5) is 17.6 Å². The van der Waals surface area contributed by atoms with Gasteiger partial charge >= 0.3 is 23.8 Å². The van der Waals surface area contributed by atoms with Crippen LogP contribution in [-0.2, 0) is 71.9 Å². The molecule has 2 aliphatic carbocycles. The summed E-state index contributed by atoms with van der Waals surface area (Å²) >= 11 is 0. The van der Waals surface area contributed by atoms with Crippen LogP contribution < -0.4 is 0 Å². The number of unbranched alkanes of at least 4 members (excludes halogenated alkanes) is 6. The van der Waals surface area contributed by atoms with Gasteiger partial charge in [-0.2, -0.15) is 17.6 Å². The first-order valence-electron chi connectivity index (χ1n) is 24.5. The minimum absolute atomic E-state index is 0. The molecular weight excluding hydrogens is 1000 g/mol. The average Bonchev–Trinajstić information content (AvgIpc) is 3.79. The van der Waals surface area contributed by atoms with Gasteiger partial charge in [-0.25, -0.2) is 0 Å². The maximum absolute atomic E-state index is 14.2. The van der Waals surface area contributed by atoms with Crippen molar-refractivity contribution in [1.82, 2.24) is 0 Å². The van der Waals surface area contributed by atoms with Crippen molar-refractivity contribution >= 4 is 35.1 Å². The van der Waals surface area contributed by atoms with E-state index in [0.717, 1.165) is 36.5 Å². The molecule has 0 heterocycles. The molecule has 0 spiro atoms. The number of carboxylic acid groups (broad SMARTS) is 2. The second-order valence-corrected chi connectivity index (χ2v) is 18.1. The Labute approximate surface area is 426 Å². The van der Waals surface area contributed by atoms with Gasteiger partial charge in [0.25, 0.3) is 0 Å². The summed E-state index contributed by atoms with van der Waals surface area (Å²) in [5.41, 5.74) is 1.90. The molecule has 15 heteroatoms. The number of aliphatic carboxylic acids is 2. The van der Waals surface area contributed by atoms with Gasteiger partial charge in [-0.1, -0.05) is 125 Å². The van der Waals surface area contributed by atoms with E-state index in [1.54, 1.807) is 6.92 Å². The van der Waals surface area contributed by atoms with Crippen molar-refractivity contribution < 1.29 is 86.4 Å². The van der Waals surface area contributed by atoms with Gasteiger partial charge in [0.2, 0.25) is 11.6 Å². The van der Waals surface area contributed by atoms with Crippen molar-refractivity contribution in [1.29, 1.82) is 0 Å². The number of carbonyl (C=O) groups is 6. The Kier molecular flexibility index (Phi) is 31.2. The maximum Gasteiger partial charge on any atom is 0.309 e. The van der Waals surface area contributed by atoms with Crippen molar-refractivity contribution in [2.24, 2.45) is 23.7 Å². The molecule has 0 unspecified atom stereocenters. The Morgan fingerprint density at radius 1 is 0.643 bits per heavy atom. The number of rotatable bonds is 32. The van der Waals surface area contributed by atoms with E-state index in [1.807, 2.05) is 79.7 Å². The summed E-state index contributed by atoms with van der Waals surface area (Å²) in [7, 11) is 0. The summed E-state index contributed by atoms with van der Waals surface area (Å²) in [6, 6.07) is 19.0. The molecule has 394 valence electrons. The van der Waals surface area contributed by atoms with Gasteiger partial charge in [-0.3, -0.25) is 28.8 Å². The SMILES string of the molecule is CCCCC(F)(F)C(=O)/C=C/[C@H]1[C@H](OCc2ccccc2)CC(=O)[C@@H]1C/C=C\CCCC(=O)O.CCCCC(F)(F)C(=O)CC[C@H]1[C@H](OCc2ccccc2)CC(=O)[C@@H]1CCCCCCC(=O)O.[CH3-].[Pd]. The van der Waals surface area contributed by atoms with E-state index in [1.165, 1.54) is 6.08 Å². The number of alkyl halides is 4. The van der Waals surface area contributed by atoms with Crippen molar-refractivity contribution in [3.63, 3.8) is 0 Å². The Bertz CT molecular complexity index is 1930. The second kappa shape index (κ2) is 34.3. The fourth-order valence-corrected chi connectivity index (χ4v) is 8.76. The summed E-state index contributed by atoms with van der Waals surface area (Å²) in [4.78, 5) is 71.2. The van der Waals surface area contributed by atoms with Crippen LogP contribution in [0, 0.1) is 31.1 Å². The molecule has 4 rings (SSSR count). The summed E-state index contributed by atoms with van der Waals surface area (Å²) in [5, 5.41) is 17.5. The molecule has 0 aliphatic heterocycles. The topological polar surface area (TPSA) is 161 Å². The van der Waals surface area contributed by atoms with Crippen LogP contribution in [0.5, 0.6) is 0 Å². The molecule has 2 aromatic carbocycles. The van der Waals surface area contributed by atoms with Gasteiger partial charge < -0.3 is 27.1 Å². The largest absolute Gasteiger partial charge is 0.481 e. The zero-order valence-corrected chi connectivity index (χ0v) is 42.6. The van der Waals surface area contributed by atoms with Crippen LogP contribution >= 0.6 is 0 Å². The number of Topliss-reactive ketones (excluding diaryl/α,β-unsaturated/α-hetero) is 3. The monoisotopic (exact) mass is 1080 g/mol.